The number of para-hydroxylation sites is 1. The van der Waals surface area contributed by atoms with E-state index < -0.39 is 0 Å². The van der Waals surface area contributed by atoms with Crippen molar-refractivity contribution in [2.24, 2.45) is 5.92 Å². The third-order valence-corrected chi connectivity index (χ3v) is 5.06. The van der Waals surface area contributed by atoms with Crippen LogP contribution in [-0.4, -0.2) is 19.6 Å². The summed E-state index contributed by atoms with van der Waals surface area (Å²) in [7, 11) is 1.64. The Labute approximate surface area is 165 Å². The number of nitrogens with zero attached hydrogens (tertiary/aromatic N) is 1. The summed E-state index contributed by atoms with van der Waals surface area (Å²) in [5, 5.41) is 0. The molecule has 1 aliphatic heterocycles. The summed E-state index contributed by atoms with van der Waals surface area (Å²) in [6.45, 7) is 0.918. The Morgan fingerprint density at radius 3 is 2.46 bits per heavy atom. The van der Waals surface area contributed by atoms with Crippen molar-refractivity contribution in [2.45, 2.75) is 13.0 Å². The van der Waals surface area contributed by atoms with Gasteiger partial charge in [0.25, 0.3) is 0 Å². The lowest BCUT2D eigenvalue weighted by Gasteiger charge is -2.30. The molecule has 1 atom stereocenters. The van der Waals surface area contributed by atoms with Crippen LogP contribution in [-0.2, 0) is 17.8 Å². The molecule has 0 N–H and O–H groups in total. The smallest absolute Gasteiger partial charge is 0.234 e. The van der Waals surface area contributed by atoms with E-state index in [9.17, 15) is 4.79 Å². The van der Waals surface area contributed by atoms with Crippen molar-refractivity contribution in [1.29, 1.82) is 0 Å². The molecule has 4 nitrogen and oxygen atoms in total. The lowest BCUT2D eigenvalue weighted by atomic mass is 9.95. The Bertz CT molecular complexity index is 938. The van der Waals surface area contributed by atoms with Crippen LogP contribution in [0.1, 0.15) is 11.1 Å². The van der Waals surface area contributed by atoms with Crippen LogP contribution in [0, 0.1) is 5.92 Å². The fourth-order valence-corrected chi connectivity index (χ4v) is 3.53. The minimum atomic E-state index is -0.208. The number of anilines is 1. The first-order valence-corrected chi connectivity index (χ1v) is 9.44. The largest absolute Gasteiger partial charge is 0.497 e. The second-order valence-corrected chi connectivity index (χ2v) is 6.93. The number of carbonyl (C=O) groups is 1. The number of ether oxygens (including phenoxy) is 2. The number of amides is 1. The Hall–Kier alpha value is -3.27. The minimum absolute atomic E-state index is 0.0727. The van der Waals surface area contributed by atoms with Gasteiger partial charge in [-0.3, -0.25) is 4.79 Å². The molecule has 1 aliphatic rings. The van der Waals surface area contributed by atoms with Crippen molar-refractivity contribution >= 4 is 11.6 Å². The standard InChI is InChI=1S/C24H23NO3/c1-27-22-13-11-21(12-14-22)25(16-18-7-3-2-4-8-18)24(26)20-15-19-9-5-6-10-23(19)28-17-20/h2-14,20H,15-17H2,1H3. The van der Waals surface area contributed by atoms with Crippen LogP contribution in [0.3, 0.4) is 0 Å². The fourth-order valence-electron chi connectivity index (χ4n) is 3.53. The molecule has 3 aromatic carbocycles. The van der Waals surface area contributed by atoms with Gasteiger partial charge in [-0.1, -0.05) is 48.5 Å². The lowest BCUT2D eigenvalue weighted by Crippen LogP contribution is -2.40. The highest BCUT2D eigenvalue weighted by Gasteiger charge is 2.30. The van der Waals surface area contributed by atoms with E-state index in [1.807, 2.05) is 83.8 Å². The quantitative estimate of drug-likeness (QED) is 0.662. The number of methoxy groups -OCH3 is 1. The van der Waals surface area contributed by atoms with Crippen molar-refractivity contribution in [1.82, 2.24) is 0 Å². The molecule has 0 bridgehead atoms. The number of carbonyl (C=O) groups excluding carboxylic acids is 1. The first-order valence-electron chi connectivity index (χ1n) is 9.44. The van der Waals surface area contributed by atoms with Gasteiger partial charge in [0, 0.05) is 5.69 Å². The summed E-state index contributed by atoms with van der Waals surface area (Å²) in [6.07, 6.45) is 0.691. The van der Waals surface area contributed by atoms with Crippen LogP contribution in [0.15, 0.2) is 78.9 Å². The predicted octanol–water partition coefficient (Wildman–Crippen LogP) is 4.48. The Balaban J connectivity index is 1.61. The van der Waals surface area contributed by atoms with Crippen molar-refractivity contribution in [3.63, 3.8) is 0 Å². The van der Waals surface area contributed by atoms with E-state index in [1.165, 1.54) is 0 Å². The molecule has 1 heterocycles. The molecule has 4 rings (SSSR count). The minimum Gasteiger partial charge on any atom is -0.497 e. The first-order chi connectivity index (χ1) is 13.7. The molecule has 0 spiro atoms. The first kappa shape index (κ1) is 18.1. The molecule has 0 aliphatic carbocycles. The SMILES string of the molecule is COc1ccc(N(Cc2ccccc2)C(=O)C2COc3ccccc3C2)cc1. The van der Waals surface area contributed by atoms with Gasteiger partial charge in [-0.2, -0.15) is 0 Å². The summed E-state index contributed by atoms with van der Waals surface area (Å²) in [5.74, 6) is 1.51. The average molecular weight is 373 g/mol. The molecule has 1 unspecified atom stereocenters. The third-order valence-electron chi connectivity index (χ3n) is 5.06. The summed E-state index contributed by atoms with van der Waals surface area (Å²) in [5.41, 5.74) is 3.03. The van der Waals surface area contributed by atoms with Gasteiger partial charge in [0.15, 0.2) is 0 Å². The Kier molecular flexibility index (Phi) is 5.29. The highest BCUT2D eigenvalue weighted by atomic mass is 16.5. The maximum absolute atomic E-state index is 13.5. The molecule has 142 valence electrons. The van der Waals surface area contributed by atoms with Crippen molar-refractivity contribution in [2.75, 3.05) is 18.6 Å². The van der Waals surface area contributed by atoms with Gasteiger partial charge in [-0.05, 0) is 47.9 Å². The zero-order valence-electron chi connectivity index (χ0n) is 15.9. The molecule has 0 fully saturated rings. The normalized spacial score (nSPS) is 15.2. The molecule has 4 heteroatoms. The topological polar surface area (TPSA) is 38.8 Å². The van der Waals surface area contributed by atoms with E-state index in [0.29, 0.717) is 19.6 Å². The Morgan fingerprint density at radius 1 is 1.00 bits per heavy atom. The molecule has 1 amide bonds. The van der Waals surface area contributed by atoms with Gasteiger partial charge in [0.2, 0.25) is 5.91 Å². The zero-order chi connectivity index (χ0) is 19.3. The number of fused-ring (bicyclic) bond motifs is 1. The van der Waals surface area contributed by atoms with E-state index in [-0.39, 0.29) is 11.8 Å². The highest BCUT2D eigenvalue weighted by Crippen LogP contribution is 2.30. The molecular formula is C24H23NO3. The van der Waals surface area contributed by atoms with E-state index in [0.717, 1.165) is 28.3 Å². The van der Waals surface area contributed by atoms with Crippen LogP contribution >= 0.6 is 0 Å². The summed E-state index contributed by atoms with van der Waals surface area (Å²) in [4.78, 5) is 15.3. The van der Waals surface area contributed by atoms with Crippen molar-refractivity contribution in [3.8, 4) is 11.5 Å². The van der Waals surface area contributed by atoms with Gasteiger partial charge in [0.05, 0.1) is 19.6 Å². The van der Waals surface area contributed by atoms with Crippen LogP contribution < -0.4 is 14.4 Å². The van der Waals surface area contributed by atoms with E-state index in [1.54, 1.807) is 7.11 Å². The Morgan fingerprint density at radius 2 is 1.71 bits per heavy atom. The molecule has 0 radical (unpaired) electrons. The van der Waals surface area contributed by atoms with Gasteiger partial charge < -0.3 is 14.4 Å². The van der Waals surface area contributed by atoms with Gasteiger partial charge >= 0.3 is 0 Å². The van der Waals surface area contributed by atoms with E-state index >= 15 is 0 Å². The number of rotatable bonds is 5. The molecule has 3 aromatic rings. The second kappa shape index (κ2) is 8.17. The highest BCUT2D eigenvalue weighted by molar-refractivity contribution is 5.95. The summed E-state index contributed by atoms with van der Waals surface area (Å²) in [6, 6.07) is 25.6. The average Bonchev–Trinajstić information content (AvgIpc) is 2.77. The zero-order valence-corrected chi connectivity index (χ0v) is 15.9. The van der Waals surface area contributed by atoms with E-state index in [4.69, 9.17) is 9.47 Å². The summed E-state index contributed by atoms with van der Waals surface area (Å²) < 4.78 is 11.1. The third kappa shape index (κ3) is 3.86. The summed E-state index contributed by atoms with van der Waals surface area (Å²) >= 11 is 0. The number of hydrogen-bond donors (Lipinski definition) is 0. The van der Waals surface area contributed by atoms with Crippen molar-refractivity contribution in [3.05, 3.63) is 90.0 Å². The second-order valence-electron chi connectivity index (χ2n) is 6.93. The lowest BCUT2D eigenvalue weighted by molar-refractivity contribution is -0.123. The van der Waals surface area contributed by atoms with Crippen LogP contribution in [0.25, 0.3) is 0 Å². The maximum atomic E-state index is 13.5. The molecule has 0 saturated carbocycles. The van der Waals surface area contributed by atoms with Crippen LogP contribution in [0.4, 0.5) is 5.69 Å². The fraction of sp³-hybridized carbons (Fsp3) is 0.208. The monoisotopic (exact) mass is 373 g/mol. The number of benzene rings is 3. The number of hydrogen-bond acceptors (Lipinski definition) is 3. The van der Waals surface area contributed by atoms with Crippen molar-refractivity contribution < 1.29 is 14.3 Å². The van der Waals surface area contributed by atoms with Gasteiger partial charge in [-0.15, -0.1) is 0 Å². The molecular weight excluding hydrogens is 350 g/mol. The van der Waals surface area contributed by atoms with Crippen LogP contribution in [0.2, 0.25) is 0 Å². The van der Waals surface area contributed by atoms with Gasteiger partial charge in [-0.25, -0.2) is 0 Å². The molecule has 0 saturated heterocycles. The predicted molar refractivity (Wildman–Crippen MR) is 110 cm³/mol. The molecule has 0 aromatic heterocycles. The van der Waals surface area contributed by atoms with Gasteiger partial charge in [0.1, 0.15) is 18.1 Å². The van der Waals surface area contributed by atoms with Crippen LogP contribution in [0.5, 0.6) is 11.5 Å². The maximum Gasteiger partial charge on any atom is 0.234 e. The molecule has 28 heavy (non-hydrogen) atoms. The van der Waals surface area contributed by atoms with E-state index in [2.05, 4.69) is 0 Å².